The number of aliphatic hydroxyl groups excluding tert-OH is 1. The van der Waals surface area contributed by atoms with Crippen LogP contribution in [0.1, 0.15) is 0 Å². The second-order valence-corrected chi connectivity index (χ2v) is 10.5. The van der Waals surface area contributed by atoms with Crippen molar-refractivity contribution in [2.24, 2.45) is 0 Å². The Kier molecular flexibility index (Phi) is 9.34. The minimum Gasteiger partial charge on any atom is -0.464 e. The van der Waals surface area contributed by atoms with Gasteiger partial charge in [0.1, 0.15) is 6.61 Å². The van der Waals surface area contributed by atoms with Gasteiger partial charge in [-0.15, -0.1) is 0 Å². The molecule has 0 bridgehead atoms. The molecule has 0 aromatic heterocycles. The highest BCUT2D eigenvalue weighted by atomic mass is 28.3. The van der Waals surface area contributed by atoms with Gasteiger partial charge in [-0.25, -0.2) is 4.79 Å². The van der Waals surface area contributed by atoms with Crippen molar-refractivity contribution in [3.63, 3.8) is 0 Å². The van der Waals surface area contributed by atoms with Gasteiger partial charge in [-0.05, 0) is 6.04 Å². The van der Waals surface area contributed by atoms with Crippen LogP contribution in [0, 0.1) is 0 Å². The fraction of sp³-hybridized carbons (Fsp3) is 0.909. The molecule has 0 atom stereocenters. The second-order valence-electron chi connectivity index (χ2n) is 4.92. The van der Waals surface area contributed by atoms with Crippen molar-refractivity contribution in [1.82, 2.24) is 0 Å². The van der Waals surface area contributed by atoms with Gasteiger partial charge in [0.25, 0.3) is 0 Å². The third-order valence-electron chi connectivity index (χ3n) is 1.94. The largest absolute Gasteiger partial charge is 0.464 e. The molecule has 0 aliphatic heterocycles. The number of aliphatic hydroxyl groups is 1. The van der Waals surface area contributed by atoms with E-state index in [1.165, 1.54) is 0 Å². The molecule has 0 saturated carbocycles. The summed E-state index contributed by atoms with van der Waals surface area (Å²) >= 11 is 0. The summed E-state index contributed by atoms with van der Waals surface area (Å²) in [7, 11) is -1.14. The molecular formula is C11H24O5Si. The number of carbonyl (C=O) groups is 1. The highest BCUT2D eigenvalue weighted by Gasteiger charge is 2.13. The molecule has 0 rings (SSSR count). The molecule has 0 unspecified atom stereocenters. The van der Waals surface area contributed by atoms with Crippen LogP contribution in [0.2, 0.25) is 25.7 Å². The highest BCUT2D eigenvalue weighted by molar-refractivity contribution is 6.76. The lowest BCUT2D eigenvalue weighted by atomic mass is 10.7. The lowest BCUT2D eigenvalue weighted by Crippen LogP contribution is -2.24. The summed E-state index contributed by atoms with van der Waals surface area (Å²) in [4.78, 5) is 11.2. The van der Waals surface area contributed by atoms with E-state index >= 15 is 0 Å². The molecule has 0 heterocycles. The number of hydrogen-bond donors (Lipinski definition) is 1. The first-order valence-electron chi connectivity index (χ1n) is 5.87. The molecule has 0 aromatic carbocycles. The van der Waals surface area contributed by atoms with Crippen LogP contribution >= 0.6 is 0 Å². The zero-order valence-corrected chi connectivity index (χ0v) is 12.0. The van der Waals surface area contributed by atoms with E-state index in [0.29, 0.717) is 26.4 Å². The van der Waals surface area contributed by atoms with E-state index in [-0.39, 0.29) is 19.2 Å². The maximum atomic E-state index is 11.2. The normalized spacial score (nSPS) is 11.5. The Labute approximate surface area is 104 Å². The lowest BCUT2D eigenvalue weighted by Gasteiger charge is -2.15. The first-order chi connectivity index (χ1) is 7.95. The standard InChI is InChI=1S/C11H24O5Si/c1-17(2,3)9-8-16-11(13)10-15-7-6-14-5-4-12/h12H,4-10H2,1-3H3. The van der Waals surface area contributed by atoms with Gasteiger partial charge in [-0.3, -0.25) is 0 Å². The lowest BCUT2D eigenvalue weighted by molar-refractivity contribution is -0.148. The molecule has 102 valence electrons. The first-order valence-corrected chi connectivity index (χ1v) is 9.58. The Morgan fingerprint density at radius 2 is 1.71 bits per heavy atom. The van der Waals surface area contributed by atoms with Crippen LogP contribution in [0.3, 0.4) is 0 Å². The summed E-state index contributed by atoms with van der Waals surface area (Å²) in [5.41, 5.74) is 0. The van der Waals surface area contributed by atoms with Crippen LogP contribution in [-0.2, 0) is 19.0 Å². The Bertz CT molecular complexity index is 203. The average molecular weight is 264 g/mol. The van der Waals surface area contributed by atoms with Crippen LogP contribution in [0.5, 0.6) is 0 Å². The highest BCUT2D eigenvalue weighted by Crippen LogP contribution is 2.07. The fourth-order valence-corrected chi connectivity index (χ4v) is 1.67. The van der Waals surface area contributed by atoms with Gasteiger partial charge >= 0.3 is 5.97 Å². The maximum absolute atomic E-state index is 11.2. The third kappa shape index (κ3) is 13.5. The minimum absolute atomic E-state index is 0.00126. The number of carbonyl (C=O) groups excluding carboxylic acids is 1. The predicted octanol–water partition coefficient (Wildman–Crippen LogP) is 0.893. The number of hydrogen-bond acceptors (Lipinski definition) is 5. The van der Waals surface area contributed by atoms with Gasteiger partial charge in [0.15, 0.2) is 0 Å². The summed E-state index contributed by atoms with van der Waals surface area (Å²) < 4.78 is 15.1. The van der Waals surface area contributed by atoms with Crippen molar-refractivity contribution >= 4 is 14.0 Å². The Morgan fingerprint density at radius 3 is 2.29 bits per heavy atom. The number of rotatable bonds is 10. The Morgan fingerprint density at radius 1 is 1.06 bits per heavy atom. The van der Waals surface area contributed by atoms with E-state index in [0.717, 1.165) is 6.04 Å². The summed E-state index contributed by atoms with van der Waals surface area (Å²) in [6.07, 6.45) is 0. The van der Waals surface area contributed by atoms with Crippen LogP contribution in [0.15, 0.2) is 0 Å². The van der Waals surface area contributed by atoms with Crippen molar-refractivity contribution in [2.45, 2.75) is 25.7 Å². The van der Waals surface area contributed by atoms with E-state index in [9.17, 15) is 4.79 Å². The van der Waals surface area contributed by atoms with Crippen molar-refractivity contribution in [3.05, 3.63) is 0 Å². The summed E-state index contributed by atoms with van der Waals surface area (Å²) in [6, 6.07) is 0.971. The molecule has 0 aliphatic carbocycles. The average Bonchev–Trinajstić information content (AvgIpc) is 2.21. The predicted molar refractivity (Wildman–Crippen MR) is 67.8 cm³/mol. The van der Waals surface area contributed by atoms with Crippen LogP contribution in [0.4, 0.5) is 0 Å². The molecule has 0 aromatic rings. The van der Waals surface area contributed by atoms with E-state index < -0.39 is 8.07 Å². The van der Waals surface area contributed by atoms with Crippen molar-refractivity contribution in [2.75, 3.05) is 39.6 Å². The monoisotopic (exact) mass is 264 g/mol. The van der Waals surface area contributed by atoms with Gasteiger partial charge < -0.3 is 19.3 Å². The smallest absolute Gasteiger partial charge is 0.332 e. The van der Waals surface area contributed by atoms with Gasteiger partial charge in [-0.2, -0.15) is 0 Å². The van der Waals surface area contributed by atoms with Crippen molar-refractivity contribution in [1.29, 1.82) is 0 Å². The molecule has 0 aliphatic rings. The summed E-state index contributed by atoms with van der Waals surface area (Å²) in [5, 5.41) is 8.44. The summed E-state index contributed by atoms with van der Waals surface area (Å²) in [5.74, 6) is -0.328. The minimum atomic E-state index is -1.14. The molecule has 0 radical (unpaired) electrons. The van der Waals surface area contributed by atoms with Crippen LogP contribution in [0.25, 0.3) is 0 Å². The molecule has 1 N–H and O–H groups in total. The first kappa shape index (κ1) is 16.6. The summed E-state index contributed by atoms with van der Waals surface area (Å²) in [6.45, 7) is 8.16. The van der Waals surface area contributed by atoms with Crippen LogP contribution < -0.4 is 0 Å². The van der Waals surface area contributed by atoms with Crippen LogP contribution in [-0.4, -0.2) is 58.8 Å². The molecular weight excluding hydrogens is 240 g/mol. The third-order valence-corrected chi connectivity index (χ3v) is 3.65. The molecule has 5 nitrogen and oxygen atoms in total. The van der Waals surface area contributed by atoms with Gasteiger partial charge in [0.2, 0.25) is 0 Å². The zero-order valence-electron chi connectivity index (χ0n) is 11.0. The molecule has 0 spiro atoms. The van der Waals surface area contributed by atoms with Gasteiger partial charge in [-0.1, -0.05) is 19.6 Å². The molecule has 0 amide bonds. The molecule has 0 saturated heterocycles. The fourth-order valence-electron chi connectivity index (χ4n) is 0.953. The quantitative estimate of drug-likeness (QED) is 0.361. The number of esters is 1. The zero-order chi connectivity index (χ0) is 13.1. The molecule has 0 fully saturated rings. The van der Waals surface area contributed by atoms with E-state index in [1.807, 2.05) is 0 Å². The maximum Gasteiger partial charge on any atom is 0.332 e. The van der Waals surface area contributed by atoms with Gasteiger partial charge in [0.05, 0.1) is 33.0 Å². The van der Waals surface area contributed by atoms with E-state index in [2.05, 4.69) is 19.6 Å². The molecule has 17 heavy (non-hydrogen) atoms. The SMILES string of the molecule is C[Si](C)(C)CCOC(=O)COCCOCCO. The van der Waals surface area contributed by atoms with E-state index in [4.69, 9.17) is 19.3 Å². The van der Waals surface area contributed by atoms with Crippen molar-refractivity contribution < 1.29 is 24.1 Å². The molecule has 6 heteroatoms. The Hall–Kier alpha value is -0.433. The van der Waals surface area contributed by atoms with Crippen molar-refractivity contribution in [3.8, 4) is 0 Å². The van der Waals surface area contributed by atoms with Gasteiger partial charge in [0, 0.05) is 8.07 Å². The Balaban J connectivity index is 3.29. The number of ether oxygens (including phenoxy) is 3. The second kappa shape index (κ2) is 9.58. The van der Waals surface area contributed by atoms with E-state index in [1.54, 1.807) is 0 Å². The topological polar surface area (TPSA) is 65.0 Å².